The van der Waals surface area contributed by atoms with E-state index in [4.69, 9.17) is 5.73 Å². The molecule has 1 fully saturated rings. The molecule has 20 heavy (non-hydrogen) atoms. The largest absolute Gasteiger partial charge is 0.397 e. The Morgan fingerprint density at radius 1 is 1.40 bits per heavy atom. The Labute approximate surface area is 121 Å². The molecule has 1 saturated heterocycles. The van der Waals surface area contributed by atoms with Crippen LogP contribution < -0.4 is 11.1 Å². The van der Waals surface area contributed by atoms with Crippen LogP contribution >= 0.6 is 0 Å². The zero-order valence-electron chi connectivity index (χ0n) is 12.6. The number of carbonyl (C=O) groups is 1. The third kappa shape index (κ3) is 3.51. The summed E-state index contributed by atoms with van der Waals surface area (Å²) in [6, 6.07) is 6.15. The second kappa shape index (κ2) is 6.27. The zero-order valence-corrected chi connectivity index (χ0v) is 12.6. The van der Waals surface area contributed by atoms with Gasteiger partial charge >= 0.3 is 0 Å². The smallest absolute Gasteiger partial charge is 0.238 e. The van der Waals surface area contributed by atoms with Crippen LogP contribution in [0.1, 0.15) is 32.3 Å². The van der Waals surface area contributed by atoms with E-state index in [-0.39, 0.29) is 5.91 Å². The van der Waals surface area contributed by atoms with Gasteiger partial charge < -0.3 is 11.1 Å². The molecule has 0 aromatic heterocycles. The average Bonchev–Trinajstić information content (AvgIpc) is 2.38. The van der Waals surface area contributed by atoms with Crippen LogP contribution in [-0.2, 0) is 4.79 Å². The lowest BCUT2D eigenvalue weighted by atomic mass is 9.95. The highest BCUT2D eigenvalue weighted by atomic mass is 16.2. The van der Waals surface area contributed by atoms with Gasteiger partial charge in [-0.05, 0) is 44.2 Å². The number of nitrogens with one attached hydrogen (secondary N) is 1. The maximum Gasteiger partial charge on any atom is 0.238 e. The van der Waals surface area contributed by atoms with Crippen LogP contribution in [0.15, 0.2) is 18.2 Å². The molecule has 3 N–H and O–H groups in total. The maximum atomic E-state index is 12.2. The number of para-hydroxylation sites is 1. The van der Waals surface area contributed by atoms with E-state index >= 15 is 0 Å². The molecular formula is C16H25N3O. The number of likely N-dealkylation sites (tertiary alicyclic amines) is 1. The maximum absolute atomic E-state index is 12.2. The lowest BCUT2D eigenvalue weighted by Gasteiger charge is -2.36. The van der Waals surface area contributed by atoms with Crippen molar-refractivity contribution in [2.75, 3.05) is 24.1 Å². The molecule has 1 aromatic rings. The molecule has 2 rings (SSSR count). The molecule has 0 saturated carbocycles. The van der Waals surface area contributed by atoms with Crippen molar-refractivity contribution in [1.29, 1.82) is 0 Å². The fraction of sp³-hybridized carbons (Fsp3) is 0.562. The number of piperidine rings is 1. The number of amides is 1. The highest BCUT2D eigenvalue weighted by Gasteiger charge is 2.24. The van der Waals surface area contributed by atoms with Crippen LogP contribution in [0.2, 0.25) is 0 Å². The van der Waals surface area contributed by atoms with Crippen molar-refractivity contribution in [1.82, 2.24) is 4.90 Å². The normalized spacial score (nSPS) is 23.6. The number of aryl methyl sites for hydroxylation is 1. The van der Waals surface area contributed by atoms with E-state index in [2.05, 4.69) is 24.1 Å². The number of rotatable bonds is 3. The minimum Gasteiger partial charge on any atom is -0.397 e. The monoisotopic (exact) mass is 275 g/mol. The summed E-state index contributed by atoms with van der Waals surface area (Å²) < 4.78 is 0. The first-order chi connectivity index (χ1) is 9.47. The van der Waals surface area contributed by atoms with E-state index in [1.807, 2.05) is 25.1 Å². The summed E-state index contributed by atoms with van der Waals surface area (Å²) in [4.78, 5) is 14.5. The predicted octanol–water partition coefficient (Wildman–Crippen LogP) is 2.64. The molecule has 0 bridgehead atoms. The molecule has 110 valence electrons. The summed E-state index contributed by atoms with van der Waals surface area (Å²) >= 11 is 0. The minimum absolute atomic E-state index is 0.0203. The molecule has 0 radical (unpaired) electrons. The van der Waals surface area contributed by atoms with Crippen molar-refractivity contribution in [2.24, 2.45) is 5.92 Å². The van der Waals surface area contributed by atoms with Gasteiger partial charge in [0.25, 0.3) is 0 Å². The first kappa shape index (κ1) is 14.9. The third-order valence-corrected chi connectivity index (χ3v) is 4.16. The molecule has 1 aliphatic heterocycles. The topological polar surface area (TPSA) is 58.4 Å². The summed E-state index contributed by atoms with van der Waals surface area (Å²) in [5, 5.41) is 2.96. The van der Waals surface area contributed by atoms with Gasteiger partial charge in [0.2, 0.25) is 5.91 Å². The summed E-state index contributed by atoms with van der Waals surface area (Å²) in [5.74, 6) is 0.689. The first-order valence-corrected chi connectivity index (χ1v) is 7.36. The molecule has 0 aliphatic carbocycles. The van der Waals surface area contributed by atoms with E-state index < -0.39 is 0 Å². The fourth-order valence-corrected chi connectivity index (χ4v) is 2.82. The Bertz CT molecular complexity index is 466. The second-order valence-corrected chi connectivity index (χ2v) is 6.05. The summed E-state index contributed by atoms with van der Waals surface area (Å²) in [6.45, 7) is 7.84. The van der Waals surface area contributed by atoms with Crippen molar-refractivity contribution in [3.05, 3.63) is 23.8 Å². The second-order valence-electron chi connectivity index (χ2n) is 6.05. The predicted molar refractivity (Wildman–Crippen MR) is 83.7 cm³/mol. The van der Waals surface area contributed by atoms with E-state index in [0.29, 0.717) is 24.2 Å². The number of carbonyl (C=O) groups excluding carboxylic acids is 1. The van der Waals surface area contributed by atoms with Gasteiger partial charge in [-0.15, -0.1) is 0 Å². The van der Waals surface area contributed by atoms with Gasteiger partial charge in [-0.25, -0.2) is 0 Å². The Balaban J connectivity index is 1.98. The molecule has 4 heteroatoms. The summed E-state index contributed by atoms with van der Waals surface area (Å²) in [5.41, 5.74) is 8.29. The lowest BCUT2D eigenvalue weighted by molar-refractivity contribution is -0.118. The third-order valence-electron chi connectivity index (χ3n) is 4.16. The van der Waals surface area contributed by atoms with Crippen LogP contribution in [0.25, 0.3) is 0 Å². The number of nitrogen functional groups attached to an aromatic ring is 1. The molecule has 1 amide bonds. The van der Waals surface area contributed by atoms with Crippen molar-refractivity contribution in [3.63, 3.8) is 0 Å². The Kier molecular flexibility index (Phi) is 4.65. The van der Waals surface area contributed by atoms with E-state index in [1.54, 1.807) is 0 Å². The van der Waals surface area contributed by atoms with Crippen LogP contribution in [-0.4, -0.2) is 29.9 Å². The van der Waals surface area contributed by atoms with Gasteiger partial charge in [0.15, 0.2) is 0 Å². The molecular weight excluding hydrogens is 250 g/mol. The summed E-state index contributed by atoms with van der Waals surface area (Å²) in [7, 11) is 0. The number of hydrogen-bond acceptors (Lipinski definition) is 3. The van der Waals surface area contributed by atoms with Crippen molar-refractivity contribution >= 4 is 17.3 Å². The minimum atomic E-state index is 0.0203. The lowest BCUT2D eigenvalue weighted by Crippen LogP contribution is -2.45. The standard InChI is InChI=1S/C16H25N3O/c1-11-7-8-13(3)19(9-11)10-15(20)18-16-12(2)5-4-6-14(16)17/h4-6,11,13H,7-10,17H2,1-3H3,(H,18,20). The molecule has 0 spiro atoms. The van der Waals surface area contributed by atoms with Crippen molar-refractivity contribution in [2.45, 2.75) is 39.7 Å². The van der Waals surface area contributed by atoms with Gasteiger partial charge in [-0.1, -0.05) is 19.1 Å². The number of anilines is 2. The van der Waals surface area contributed by atoms with Gasteiger partial charge in [-0.3, -0.25) is 9.69 Å². The SMILES string of the molecule is Cc1cccc(N)c1NC(=O)CN1CC(C)CCC1C. The van der Waals surface area contributed by atoms with Gasteiger partial charge in [0.1, 0.15) is 0 Å². The molecule has 2 unspecified atom stereocenters. The number of nitrogens with zero attached hydrogens (tertiary/aromatic N) is 1. The Hall–Kier alpha value is -1.55. The summed E-state index contributed by atoms with van der Waals surface area (Å²) in [6.07, 6.45) is 2.42. The van der Waals surface area contributed by atoms with Crippen molar-refractivity contribution < 1.29 is 4.79 Å². The highest BCUT2D eigenvalue weighted by molar-refractivity contribution is 5.96. The van der Waals surface area contributed by atoms with Crippen LogP contribution in [0.5, 0.6) is 0 Å². The molecule has 1 aromatic carbocycles. The molecule has 2 atom stereocenters. The van der Waals surface area contributed by atoms with Crippen molar-refractivity contribution in [3.8, 4) is 0 Å². The molecule has 4 nitrogen and oxygen atoms in total. The number of benzene rings is 1. The quantitative estimate of drug-likeness (QED) is 0.834. The van der Waals surface area contributed by atoms with E-state index in [1.165, 1.54) is 12.8 Å². The Morgan fingerprint density at radius 2 is 2.15 bits per heavy atom. The van der Waals surface area contributed by atoms with Crippen LogP contribution in [0.3, 0.4) is 0 Å². The van der Waals surface area contributed by atoms with Gasteiger partial charge in [-0.2, -0.15) is 0 Å². The van der Waals surface area contributed by atoms with Crippen LogP contribution in [0.4, 0.5) is 11.4 Å². The highest BCUT2D eigenvalue weighted by Crippen LogP contribution is 2.24. The molecule has 1 heterocycles. The zero-order chi connectivity index (χ0) is 14.7. The van der Waals surface area contributed by atoms with E-state index in [9.17, 15) is 4.79 Å². The van der Waals surface area contributed by atoms with E-state index in [0.717, 1.165) is 17.8 Å². The average molecular weight is 275 g/mol. The number of nitrogens with two attached hydrogens (primary N) is 1. The van der Waals surface area contributed by atoms with Crippen LogP contribution in [0, 0.1) is 12.8 Å². The van der Waals surface area contributed by atoms with Gasteiger partial charge in [0, 0.05) is 12.6 Å². The van der Waals surface area contributed by atoms with Gasteiger partial charge in [0.05, 0.1) is 17.9 Å². The Morgan fingerprint density at radius 3 is 2.85 bits per heavy atom. The number of hydrogen-bond donors (Lipinski definition) is 2. The fourth-order valence-electron chi connectivity index (χ4n) is 2.82. The molecule has 1 aliphatic rings. The first-order valence-electron chi connectivity index (χ1n) is 7.36.